The van der Waals surface area contributed by atoms with Crippen molar-refractivity contribution in [2.24, 2.45) is 0 Å². The van der Waals surface area contributed by atoms with E-state index in [2.05, 4.69) is 12.2 Å². The number of ether oxygens (including phenoxy) is 2. The van der Waals surface area contributed by atoms with Crippen LogP contribution >= 0.6 is 11.6 Å². The standard InChI is InChI=1S/C22H29ClN2O5S/c1-5-6-17-7-10-19(11-8-17)30-14-13-24-22(26)16(2)25(31(4,27)28)20-15-18(23)9-12-21(20)29-3/h7-12,15-16H,5-6,13-14H2,1-4H3,(H,24,26)/t16-/m0/s1. The lowest BCUT2D eigenvalue weighted by Gasteiger charge is -2.29. The summed E-state index contributed by atoms with van der Waals surface area (Å²) in [5.41, 5.74) is 1.44. The lowest BCUT2D eigenvalue weighted by molar-refractivity contribution is -0.121. The second-order valence-electron chi connectivity index (χ2n) is 7.08. The minimum Gasteiger partial charge on any atom is -0.495 e. The fourth-order valence-electron chi connectivity index (χ4n) is 3.15. The molecule has 0 bridgehead atoms. The van der Waals surface area contributed by atoms with E-state index in [1.54, 1.807) is 12.1 Å². The molecule has 31 heavy (non-hydrogen) atoms. The average molecular weight is 469 g/mol. The van der Waals surface area contributed by atoms with Gasteiger partial charge in [-0.2, -0.15) is 0 Å². The van der Waals surface area contributed by atoms with Crippen molar-refractivity contribution in [3.63, 3.8) is 0 Å². The Bertz CT molecular complexity index is 980. The topological polar surface area (TPSA) is 84.9 Å². The molecule has 2 aromatic rings. The molecule has 0 aliphatic heterocycles. The summed E-state index contributed by atoms with van der Waals surface area (Å²) in [6.07, 6.45) is 3.13. The van der Waals surface area contributed by atoms with Crippen LogP contribution in [0.15, 0.2) is 42.5 Å². The van der Waals surface area contributed by atoms with Crippen LogP contribution in [0.2, 0.25) is 5.02 Å². The number of methoxy groups -OCH3 is 1. The maximum Gasteiger partial charge on any atom is 0.243 e. The number of nitrogens with zero attached hydrogens (tertiary/aromatic N) is 1. The number of benzene rings is 2. The second-order valence-corrected chi connectivity index (χ2v) is 9.38. The zero-order valence-electron chi connectivity index (χ0n) is 18.2. The molecule has 7 nitrogen and oxygen atoms in total. The third kappa shape index (κ3) is 7.04. The van der Waals surface area contributed by atoms with Gasteiger partial charge in [-0.15, -0.1) is 0 Å². The Morgan fingerprint density at radius 2 is 1.87 bits per heavy atom. The first-order valence-electron chi connectivity index (χ1n) is 9.99. The molecule has 0 aliphatic rings. The van der Waals surface area contributed by atoms with Crippen LogP contribution in [0.3, 0.4) is 0 Å². The smallest absolute Gasteiger partial charge is 0.243 e. The van der Waals surface area contributed by atoms with Crippen molar-refractivity contribution in [1.82, 2.24) is 5.32 Å². The van der Waals surface area contributed by atoms with E-state index < -0.39 is 22.0 Å². The second kappa shape index (κ2) is 11.2. The molecule has 2 rings (SSSR count). The molecular formula is C22H29ClN2O5S. The van der Waals surface area contributed by atoms with Gasteiger partial charge in [0.15, 0.2) is 0 Å². The fraction of sp³-hybridized carbons (Fsp3) is 0.409. The van der Waals surface area contributed by atoms with E-state index in [4.69, 9.17) is 21.1 Å². The van der Waals surface area contributed by atoms with E-state index in [9.17, 15) is 13.2 Å². The summed E-state index contributed by atoms with van der Waals surface area (Å²) in [5, 5.41) is 3.04. The van der Waals surface area contributed by atoms with Crippen LogP contribution < -0.4 is 19.1 Å². The zero-order chi connectivity index (χ0) is 23.0. The molecule has 0 unspecified atom stereocenters. The first kappa shape index (κ1) is 24.8. The summed E-state index contributed by atoms with van der Waals surface area (Å²) < 4.78 is 36.8. The monoisotopic (exact) mass is 468 g/mol. The predicted octanol–water partition coefficient (Wildman–Crippen LogP) is 3.65. The highest BCUT2D eigenvalue weighted by Gasteiger charge is 2.31. The molecule has 1 amide bonds. The lowest BCUT2D eigenvalue weighted by Crippen LogP contribution is -2.48. The number of aryl methyl sites for hydroxylation is 1. The van der Waals surface area contributed by atoms with Gasteiger partial charge >= 0.3 is 0 Å². The predicted molar refractivity (Wildman–Crippen MR) is 124 cm³/mol. The molecule has 1 N–H and O–H groups in total. The van der Waals surface area contributed by atoms with Gasteiger partial charge < -0.3 is 14.8 Å². The number of rotatable bonds is 11. The molecule has 2 aromatic carbocycles. The van der Waals surface area contributed by atoms with E-state index in [1.807, 2.05) is 24.3 Å². The van der Waals surface area contributed by atoms with Gasteiger partial charge in [0.1, 0.15) is 24.1 Å². The summed E-state index contributed by atoms with van der Waals surface area (Å²) in [4.78, 5) is 12.7. The van der Waals surface area contributed by atoms with Gasteiger partial charge in [0.2, 0.25) is 15.9 Å². The number of carbonyl (C=O) groups is 1. The first-order valence-corrected chi connectivity index (χ1v) is 12.2. The number of anilines is 1. The van der Waals surface area contributed by atoms with Gasteiger partial charge in [0, 0.05) is 5.02 Å². The summed E-state index contributed by atoms with van der Waals surface area (Å²) in [6, 6.07) is 11.4. The van der Waals surface area contributed by atoms with E-state index >= 15 is 0 Å². The van der Waals surface area contributed by atoms with Crippen LogP contribution in [0.5, 0.6) is 11.5 Å². The van der Waals surface area contributed by atoms with Gasteiger partial charge in [-0.25, -0.2) is 8.42 Å². The maximum absolute atomic E-state index is 12.7. The van der Waals surface area contributed by atoms with E-state index in [1.165, 1.54) is 25.7 Å². The molecule has 1 atom stereocenters. The molecule has 170 valence electrons. The quantitative estimate of drug-likeness (QED) is 0.509. The highest BCUT2D eigenvalue weighted by molar-refractivity contribution is 7.92. The number of hydrogen-bond donors (Lipinski definition) is 1. The van der Waals surface area contributed by atoms with Crippen LogP contribution in [0.25, 0.3) is 0 Å². The molecule has 0 radical (unpaired) electrons. The molecule has 0 spiro atoms. The van der Waals surface area contributed by atoms with Gasteiger partial charge in [0.25, 0.3) is 0 Å². The van der Waals surface area contributed by atoms with Crippen LogP contribution in [-0.2, 0) is 21.2 Å². The Hall–Kier alpha value is -2.45. The van der Waals surface area contributed by atoms with Crippen molar-refractivity contribution in [2.45, 2.75) is 32.7 Å². The number of sulfonamides is 1. The largest absolute Gasteiger partial charge is 0.495 e. The van der Waals surface area contributed by atoms with E-state index in [0.29, 0.717) is 16.5 Å². The molecular weight excluding hydrogens is 440 g/mol. The van der Waals surface area contributed by atoms with E-state index in [0.717, 1.165) is 23.4 Å². The van der Waals surface area contributed by atoms with Gasteiger partial charge in [-0.1, -0.05) is 37.1 Å². The van der Waals surface area contributed by atoms with E-state index in [-0.39, 0.29) is 18.8 Å². The number of carbonyl (C=O) groups excluding carboxylic acids is 1. The maximum atomic E-state index is 12.7. The van der Waals surface area contributed by atoms with Crippen LogP contribution in [-0.4, -0.2) is 46.9 Å². The lowest BCUT2D eigenvalue weighted by atomic mass is 10.1. The first-order chi connectivity index (χ1) is 14.7. The van der Waals surface area contributed by atoms with Crippen molar-refractivity contribution in [1.29, 1.82) is 0 Å². The van der Waals surface area contributed by atoms with Crippen LogP contribution in [0.4, 0.5) is 5.69 Å². The Kier molecular flexibility index (Phi) is 9.00. The molecule has 0 saturated carbocycles. The molecule has 0 aliphatic carbocycles. The minimum absolute atomic E-state index is 0.198. The minimum atomic E-state index is -3.79. The molecule has 0 fully saturated rings. The Morgan fingerprint density at radius 3 is 2.45 bits per heavy atom. The van der Waals surface area contributed by atoms with Gasteiger partial charge in [-0.05, 0) is 49.2 Å². The van der Waals surface area contributed by atoms with Crippen molar-refractivity contribution >= 4 is 33.2 Å². The summed E-state index contributed by atoms with van der Waals surface area (Å²) in [6.45, 7) is 4.11. The number of amides is 1. The van der Waals surface area contributed by atoms with Crippen molar-refractivity contribution in [3.8, 4) is 11.5 Å². The van der Waals surface area contributed by atoms with Gasteiger partial charge in [0.05, 0.1) is 25.6 Å². The van der Waals surface area contributed by atoms with Crippen LogP contribution in [0.1, 0.15) is 25.8 Å². The summed E-state index contributed by atoms with van der Waals surface area (Å²) >= 11 is 6.05. The normalized spacial score (nSPS) is 12.2. The summed E-state index contributed by atoms with van der Waals surface area (Å²) in [7, 11) is -2.37. The number of halogens is 1. The van der Waals surface area contributed by atoms with Crippen molar-refractivity contribution in [2.75, 3.05) is 30.8 Å². The van der Waals surface area contributed by atoms with Crippen LogP contribution in [0, 0.1) is 0 Å². The average Bonchev–Trinajstić information content (AvgIpc) is 2.71. The fourth-order valence-corrected chi connectivity index (χ4v) is 4.48. The Balaban J connectivity index is 2.01. The number of hydrogen-bond acceptors (Lipinski definition) is 5. The highest BCUT2D eigenvalue weighted by atomic mass is 35.5. The third-order valence-corrected chi connectivity index (χ3v) is 6.06. The Morgan fingerprint density at radius 1 is 1.19 bits per heavy atom. The zero-order valence-corrected chi connectivity index (χ0v) is 19.8. The Labute approximate surface area is 189 Å². The molecule has 0 saturated heterocycles. The number of nitrogens with one attached hydrogen (secondary N) is 1. The molecule has 9 heteroatoms. The SMILES string of the molecule is CCCc1ccc(OCCNC(=O)[C@H](C)N(c2cc(Cl)ccc2OC)S(C)(=O)=O)cc1. The summed E-state index contributed by atoms with van der Waals surface area (Å²) in [5.74, 6) is 0.544. The van der Waals surface area contributed by atoms with Gasteiger partial charge in [-0.3, -0.25) is 9.10 Å². The van der Waals surface area contributed by atoms with Crippen molar-refractivity contribution < 1.29 is 22.7 Å². The van der Waals surface area contributed by atoms with Crippen molar-refractivity contribution in [3.05, 3.63) is 53.1 Å². The molecule has 0 heterocycles. The third-order valence-electron chi connectivity index (χ3n) is 4.60. The highest BCUT2D eigenvalue weighted by Crippen LogP contribution is 2.34. The molecule has 0 aromatic heterocycles.